The van der Waals surface area contributed by atoms with Gasteiger partial charge < -0.3 is 25.0 Å². The molecule has 3 N–H and O–H groups in total. The highest BCUT2D eigenvalue weighted by molar-refractivity contribution is 6.99. The third-order valence-corrected chi connectivity index (χ3v) is 14.0. The third-order valence-electron chi connectivity index (χ3n) is 8.87. The van der Waals surface area contributed by atoms with E-state index < -0.39 is 25.4 Å². The number of hydrogen-bond donors (Lipinski definition) is 3. The van der Waals surface area contributed by atoms with Crippen molar-refractivity contribution in [3.63, 3.8) is 0 Å². The second kappa shape index (κ2) is 10.3. The monoisotopic (exact) mass is 577 g/mol. The first-order chi connectivity index (χ1) is 19.2. The molecule has 2 amide bonds. The highest BCUT2D eigenvalue weighted by atomic mass is 28.4. The van der Waals surface area contributed by atoms with Crippen molar-refractivity contribution < 1.29 is 24.0 Å². The number of nitrogens with zero attached hydrogens (tertiary/aromatic N) is 1. The molecule has 2 aromatic carbocycles. The fourth-order valence-corrected chi connectivity index (χ4v) is 11.7. The molecule has 0 unspecified atom stereocenters. The summed E-state index contributed by atoms with van der Waals surface area (Å²) in [4.78, 5) is 25.4. The first-order valence-electron chi connectivity index (χ1n) is 14.5. The number of nitrogens with one attached hydrogen (secondary N) is 2. The van der Waals surface area contributed by atoms with Crippen LogP contribution in [-0.2, 0) is 14.0 Å². The van der Waals surface area contributed by atoms with Gasteiger partial charge in [0.05, 0.1) is 5.41 Å². The molecular formula is C32H43N3O5Si. The van der Waals surface area contributed by atoms with Crippen LogP contribution in [0.25, 0.3) is 0 Å². The number of hydrogen-bond acceptors (Lipinski definition) is 6. The lowest BCUT2D eigenvalue weighted by Gasteiger charge is -2.68. The van der Waals surface area contributed by atoms with Crippen molar-refractivity contribution in [2.75, 3.05) is 0 Å². The van der Waals surface area contributed by atoms with Gasteiger partial charge in [-0.25, -0.2) is 4.79 Å². The summed E-state index contributed by atoms with van der Waals surface area (Å²) in [5.74, 6) is 0.0686. The number of carbonyl (C=O) groups excluding carboxylic acids is 2. The summed E-state index contributed by atoms with van der Waals surface area (Å²) in [6.07, 6.45) is 2.56. The smallest absolute Gasteiger partial charge is 0.408 e. The van der Waals surface area contributed by atoms with Crippen LogP contribution in [0.3, 0.4) is 0 Å². The fraction of sp³-hybridized carbons (Fsp3) is 0.531. The van der Waals surface area contributed by atoms with Gasteiger partial charge in [0.25, 0.3) is 8.32 Å². The molecular weight excluding hydrogens is 534 g/mol. The molecule has 0 heterocycles. The van der Waals surface area contributed by atoms with Gasteiger partial charge in [-0.1, -0.05) is 86.6 Å². The van der Waals surface area contributed by atoms with Crippen molar-refractivity contribution in [3.05, 3.63) is 60.7 Å². The van der Waals surface area contributed by atoms with Crippen molar-refractivity contribution in [2.45, 2.75) is 95.9 Å². The molecule has 0 spiro atoms. The Morgan fingerprint density at radius 1 is 0.902 bits per heavy atom. The predicted octanol–water partition coefficient (Wildman–Crippen LogP) is 4.69. The number of oxime groups is 1. The zero-order valence-electron chi connectivity index (χ0n) is 25.0. The Morgan fingerprint density at radius 2 is 1.41 bits per heavy atom. The standard InChI is InChI=1S/C32H43N3O5Si/c1-29(2,3)39-28(37)34-32-19-31(20-32,21-32)27(36)33-26(35-38)22-17-23(18-22)40-41(30(4,5)6,24-13-9-7-10-14-24)25-15-11-8-12-16-25/h7-16,22-23,38H,17-21H2,1-6H3,(H,34,37)(H,33,35,36). The number of carbonyl (C=O) groups is 2. The average Bonchev–Trinajstić information content (AvgIpc) is 2.83. The molecule has 9 heteroatoms. The van der Waals surface area contributed by atoms with E-state index in [1.807, 2.05) is 32.9 Å². The van der Waals surface area contributed by atoms with E-state index in [1.165, 1.54) is 10.4 Å². The summed E-state index contributed by atoms with van der Waals surface area (Å²) in [7, 11) is -2.68. The first kappa shape index (κ1) is 29.3. The molecule has 0 aromatic heterocycles. The van der Waals surface area contributed by atoms with E-state index in [0.717, 1.165) is 0 Å². The van der Waals surface area contributed by atoms with Crippen LogP contribution >= 0.6 is 0 Å². The summed E-state index contributed by atoms with van der Waals surface area (Å²) >= 11 is 0. The minimum absolute atomic E-state index is 0.0174. The fourth-order valence-electron chi connectivity index (χ4n) is 6.97. The Hall–Kier alpha value is -3.17. The van der Waals surface area contributed by atoms with Crippen LogP contribution in [0.5, 0.6) is 0 Å². The van der Waals surface area contributed by atoms with Gasteiger partial charge in [-0.05, 0) is 68.3 Å². The van der Waals surface area contributed by atoms with E-state index in [4.69, 9.17) is 9.16 Å². The molecule has 8 nitrogen and oxygen atoms in total. The lowest BCUT2D eigenvalue weighted by atomic mass is 9.39. The number of ether oxygens (including phenoxy) is 1. The van der Waals surface area contributed by atoms with Gasteiger partial charge in [0.2, 0.25) is 5.91 Å². The number of amidine groups is 1. The Balaban J connectivity index is 1.21. The molecule has 0 atom stereocenters. The molecule has 4 saturated carbocycles. The minimum Gasteiger partial charge on any atom is -0.444 e. The molecule has 6 rings (SSSR count). The van der Waals surface area contributed by atoms with Crippen LogP contribution in [0.2, 0.25) is 5.04 Å². The summed E-state index contributed by atoms with van der Waals surface area (Å²) < 4.78 is 12.5. The van der Waals surface area contributed by atoms with Crippen molar-refractivity contribution in [3.8, 4) is 0 Å². The largest absolute Gasteiger partial charge is 0.444 e. The highest BCUT2D eigenvalue weighted by Crippen LogP contribution is 2.67. The SMILES string of the molecule is CC(C)(C)OC(=O)NC12CC(C(=O)NC(=NO)C3CC(O[Si](c4ccccc4)(c4ccccc4)C(C)(C)C)C3)(C1)C2. The first-order valence-corrected chi connectivity index (χ1v) is 16.5. The summed E-state index contributed by atoms with van der Waals surface area (Å²) in [6.45, 7) is 12.2. The molecule has 220 valence electrons. The minimum atomic E-state index is -2.68. The zero-order valence-corrected chi connectivity index (χ0v) is 26.0. The van der Waals surface area contributed by atoms with Crippen LogP contribution in [0.1, 0.15) is 73.6 Å². The molecule has 4 aliphatic rings. The molecule has 2 bridgehead atoms. The van der Waals surface area contributed by atoms with Crippen LogP contribution < -0.4 is 21.0 Å². The van der Waals surface area contributed by atoms with Gasteiger partial charge in [-0.2, -0.15) is 0 Å². The number of amides is 2. The molecule has 0 saturated heterocycles. The summed E-state index contributed by atoms with van der Waals surface area (Å²) in [6, 6.07) is 21.1. The number of alkyl carbamates (subject to hydrolysis) is 1. The third kappa shape index (κ3) is 5.41. The molecule has 4 aliphatic carbocycles. The molecule has 41 heavy (non-hydrogen) atoms. The van der Waals surface area contributed by atoms with Crippen molar-refractivity contribution in [1.29, 1.82) is 0 Å². The maximum atomic E-state index is 13.2. The molecule has 0 aliphatic heterocycles. The molecule has 2 aromatic rings. The van der Waals surface area contributed by atoms with E-state index in [2.05, 4.69) is 85.1 Å². The number of rotatable bonds is 7. The normalized spacial score (nSPS) is 27.5. The highest BCUT2D eigenvalue weighted by Gasteiger charge is 2.72. The summed E-state index contributed by atoms with van der Waals surface area (Å²) in [5.41, 5.74) is -1.47. The van der Waals surface area contributed by atoms with E-state index in [9.17, 15) is 14.8 Å². The van der Waals surface area contributed by atoms with Gasteiger partial charge in [0, 0.05) is 17.6 Å². The van der Waals surface area contributed by atoms with Gasteiger partial charge in [-0.15, -0.1) is 0 Å². The molecule has 0 radical (unpaired) electrons. The topological polar surface area (TPSA) is 109 Å². The van der Waals surface area contributed by atoms with Gasteiger partial charge in [-0.3, -0.25) is 4.79 Å². The van der Waals surface area contributed by atoms with E-state index in [0.29, 0.717) is 37.9 Å². The average molecular weight is 578 g/mol. The van der Waals surface area contributed by atoms with Crippen LogP contribution in [0, 0.1) is 11.3 Å². The second-order valence-electron chi connectivity index (χ2n) is 14.2. The maximum Gasteiger partial charge on any atom is 0.408 e. The van der Waals surface area contributed by atoms with Crippen LogP contribution in [0.4, 0.5) is 4.79 Å². The van der Waals surface area contributed by atoms with E-state index >= 15 is 0 Å². The Kier molecular flexibility index (Phi) is 7.35. The Morgan fingerprint density at radius 3 is 1.85 bits per heavy atom. The van der Waals surface area contributed by atoms with E-state index in [-0.39, 0.29) is 28.5 Å². The lowest BCUT2D eigenvalue weighted by molar-refractivity contribution is -0.178. The number of benzene rings is 2. The predicted molar refractivity (Wildman–Crippen MR) is 161 cm³/mol. The Labute approximate surface area is 244 Å². The van der Waals surface area contributed by atoms with Crippen molar-refractivity contribution in [2.24, 2.45) is 16.5 Å². The zero-order chi connectivity index (χ0) is 29.7. The van der Waals surface area contributed by atoms with Crippen molar-refractivity contribution in [1.82, 2.24) is 10.6 Å². The maximum absolute atomic E-state index is 13.2. The van der Waals surface area contributed by atoms with E-state index in [1.54, 1.807) is 0 Å². The van der Waals surface area contributed by atoms with Gasteiger partial charge in [0.15, 0.2) is 5.84 Å². The van der Waals surface area contributed by atoms with Crippen molar-refractivity contribution >= 4 is 36.5 Å². The Bertz CT molecular complexity index is 1250. The quantitative estimate of drug-likeness (QED) is 0.145. The van der Waals surface area contributed by atoms with Gasteiger partial charge in [0.1, 0.15) is 5.60 Å². The van der Waals surface area contributed by atoms with Gasteiger partial charge >= 0.3 is 6.09 Å². The van der Waals surface area contributed by atoms with Crippen LogP contribution in [-0.4, -0.2) is 48.6 Å². The second-order valence-corrected chi connectivity index (χ2v) is 18.5. The van der Waals surface area contributed by atoms with Crippen LogP contribution in [0.15, 0.2) is 65.8 Å². The summed E-state index contributed by atoms with van der Waals surface area (Å²) in [5, 5.41) is 21.5. The lowest BCUT2D eigenvalue weighted by Crippen LogP contribution is -2.78. The molecule has 4 fully saturated rings.